The van der Waals surface area contributed by atoms with Gasteiger partial charge in [0.15, 0.2) is 0 Å². The maximum Gasteiger partial charge on any atom is 0.338 e. The van der Waals surface area contributed by atoms with Crippen LogP contribution in [0.2, 0.25) is 0 Å². The average Bonchev–Trinajstić information content (AvgIpc) is 2.82. The summed E-state index contributed by atoms with van der Waals surface area (Å²) in [5, 5.41) is 2.21. The molecule has 0 radical (unpaired) electrons. The van der Waals surface area contributed by atoms with E-state index < -0.39 is 0 Å². The lowest BCUT2D eigenvalue weighted by Gasteiger charge is -2.07. The van der Waals surface area contributed by atoms with Crippen molar-refractivity contribution in [3.63, 3.8) is 0 Å². The molecule has 4 aromatic carbocycles. The summed E-state index contributed by atoms with van der Waals surface area (Å²) in [5.74, 6) is 6.87. The summed E-state index contributed by atoms with van der Waals surface area (Å²) in [5.41, 5.74) is 3.45. The second-order valence-corrected chi connectivity index (χ2v) is 7.05. The molecule has 0 aliphatic carbocycles. The molecule has 0 aliphatic rings. The van der Waals surface area contributed by atoms with E-state index in [-0.39, 0.29) is 5.97 Å². The lowest BCUT2D eigenvalue weighted by molar-refractivity contribution is 0.0526. The first-order chi connectivity index (χ1) is 15.2. The van der Waals surface area contributed by atoms with Crippen LogP contribution in [0.25, 0.3) is 10.8 Å². The molecular weight excluding hydrogens is 384 g/mol. The van der Waals surface area contributed by atoms with E-state index in [1.54, 1.807) is 19.1 Å². The Labute approximate surface area is 182 Å². The summed E-state index contributed by atoms with van der Waals surface area (Å²) < 4.78 is 10.9. The van der Waals surface area contributed by atoms with E-state index in [0.717, 1.165) is 33.2 Å². The van der Waals surface area contributed by atoms with Gasteiger partial charge in [0, 0.05) is 11.1 Å². The number of fused-ring (bicyclic) bond motifs is 1. The van der Waals surface area contributed by atoms with Crippen LogP contribution in [0.3, 0.4) is 0 Å². The highest BCUT2D eigenvalue weighted by Crippen LogP contribution is 2.23. The lowest BCUT2D eigenvalue weighted by Crippen LogP contribution is -2.04. The summed E-state index contributed by atoms with van der Waals surface area (Å²) in [6.07, 6.45) is 0. The summed E-state index contributed by atoms with van der Waals surface area (Å²) in [4.78, 5) is 11.7. The number of carbonyl (C=O) groups is 1. The molecule has 0 heterocycles. The van der Waals surface area contributed by atoms with E-state index in [1.165, 1.54) is 0 Å². The van der Waals surface area contributed by atoms with Crippen molar-refractivity contribution in [1.82, 2.24) is 0 Å². The molecule has 0 spiro atoms. The monoisotopic (exact) mass is 406 g/mol. The topological polar surface area (TPSA) is 35.5 Å². The van der Waals surface area contributed by atoms with Gasteiger partial charge in [-0.15, -0.1) is 0 Å². The predicted octanol–water partition coefficient (Wildman–Crippen LogP) is 6.00. The second-order valence-electron chi connectivity index (χ2n) is 7.05. The fourth-order valence-corrected chi connectivity index (χ4v) is 3.18. The van der Waals surface area contributed by atoms with Crippen molar-refractivity contribution in [1.29, 1.82) is 0 Å². The van der Waals surface area contributed by atoms with E-state index >= 15 is 0 Å². The van der Waals surface area contributed by atoms with Gasteiger partial charge >= 0.3 is 5.97 Å². The Morgan fingerprint density at radius 2 is 1.45 bits per heavy atom. The normalized spacial score (nSPS) is 10.2. The number of benzene rings is 4. The zero-order chi connectivity index (χ0) is 21.5. The minimum Gasteiger partial charge on any atom is -0.489 e. The second kappa shape index (κ2) is 9.65. The third-order valence-electron chi connectivity index (χ3n) is 4.81. The summed E-state index contributed by atoms with van der Waals surface area (Å²) in [7, 11) is 0. The highest BCUT2D eigenvalue weighted by atomic mass is 16.5. The smallest absolute Gasteiger partial charge is 0.338 e. The minimum atomic E-state index is -0.316. The first-order valence-electron chi connectivity index (χ1n) is 10.2. The minimum absolute atomic E-state index is 0.316. The van der Waals surface area contributed by atoms with Gasteiger partial charge in [-0.1, -0.05) is 54.3 Å². The van der Waals surface area contributed by atoms with Crippen molar-refractivity contribution in [2.45, 2.75) is 13.5 Å². The standard InChI is InChI=1S/C28H22O3/c1-2-30-28(29)24-13-10-21(11-14-24)8-9-22-12-15-26-19-27(17-16-25(26)18-22)31-20-23-6-4-3-5-7-23/h3-7,10-19H,2,20H2,1H3. The van der Waals surface area contributed by atoms with Crippen molar-refractivity contribution in [3.8, 4) is 17.6 Å². The molecule has 3 heteroatoms. The van der Waals surface area contributed by atoms with E-state index in [2.05, 4.69) is 42.2 Å². The molecule has 152 valence electrons. The number of ether oxygens (including phenoxy) is 2. The van der Waals surface area contributed by atoms with Crippen LogP contribution in [0.4, 0.5) is 0 Å². The largest absolute Gasteiger partial charge is 0.489 e. The Bertz CT molecular complexity index is 1250. The Hall–Kier alpha value is -4.03. The molecule has 0 aliphatic heterocycles. The Balaban J connectivity index is 1.45. The fourth-order valence-electron chi connectivity index (χ4n) is 3.18. The van der Waals surface area contributed by atoms with Crippen LogP contribution in [0.1, 0.15) is 34.0 Å². The number of hydrogen-bond donors (Lipinski definition) is 0. The van der Waals surface area contributed by atoms with Crippen LogP contribution < -0.4 is 4.74 Å². The van der Waals surface area contributed by atoms with Crippen LogP contribution >= 0.6 is 0 Å². The third kappa shape index (κ3) is 5.32. The van der Waals surface area contributed by atoms with Crippen LogP contribution in [0.15, 0.2) is 91.0 Å². The summed E-state index contributed by atoms with van der Waals surface area (Å²) >= 11 is 0. The number of carbonyl (C=O) groups excluding carboxylic acids is 1. The molecule has 0 aromatic heterocycles. The number of hydrogen-bond acceptors (Lipinski definition) is 3. The molecule has 4 rings (SSSR count). The van der Waals surface area contributed by atoms with Crippen LogP contribution in [0, 0.1) is 11.8 Å². The molecule has 4 aromatic rings. The number of esters is 1. The molecule has 0 amide bonds. The third-order valence-corrected chi connectivity index (χ3v) is 4.81. The molecule has 0 bridgehead atoms. The average molecular weight is 406 g/mol. The zero-order valence-corrected chi connectivity index (χ0v) is 17.3. The Morgan fingerprint density at radius 3 is 2.23 bits per heavy atom. The Morgan fingerprint density at radius 1 is 0.774 bits per heavy atom. The molecule has 0 saturated carbocycles. The van der Waals surface area contributed by atoms with E-state index in [4.69, 9.17) is 9.47 Å². The van der Waals surface area contributed by atoms with Crippen LogP contribution in [-0.2, 0) is 11.3 Å². The van der Waals surface area contributed by atoms with Gasteiger partial charge < -0.3 is 9.47 Å². The summed E-state index contributed by atoms with van der Waals surface area (Å²) in [6.45, 7) is 2.70. The van der Waals surface area contributed by atoms with Gasteiger partial charge in [0.1, 0.15) is 12.4 Å². The number of rotatable bonds is 5. The van der Waals surface area contributed by atoms with Crippen molar-refractivity contribution in [2.24, 2.45) is 0 Å². The molecule has 0 saturated heterocycles. The van der Waals surface area contributed by atoms with Crippen molar-refractivity contribution >= 4 is 16.7 Å². The van der Waals surface area contributed by atoms with Crippen LogP contribution in [-0.4, -0.2) is 12.6 Å². The van der Waals surface area contributed by atoms with Gasteiger partial charge in [0.25, 0.3) is 0 Å². The lowest BCUT2D eigenvalue weighted by atomic mass is 10.1. The molecule has 0 N–H and O–H groups in total. The molecule has 3 nitrogen and oxygen atoms in total. The van der Waals surface area contributed by atoms with E-state index in [1.807, 2.05) is 48.5 Å². The van der Waals surface area contributed by atoms with E-state index in [0.29, 0.717) is 18.8 Å². The van der Waals surface area contributed by atoms with Gasteiger partial charge in [-0.25, -0.2) is 4.79 Å². The van der Waals surface area contributed by atoms with Gasteiger partial charge in [0.05, 0.1) is 12.2 Å². The van der Waals surface area contributed by atoms with Gasteiger partial charge in [-0.05, 0) is 71.8 Å². The molecular formula is C28H22O3. The maximum atomic E-state index is 11.7. The van der Waals surface area contributed by atoms with E-state index in [9.17, 15) is 4.79 Å². The van der Waals surface area contributed by atoms with Gasteiger partial charge in [-0.2, -0.15) is 0 Å². The van der Waals surface area contributed by atoms with Crippen molar-refractivity contribution in [2.75, 3.05) is 6.61 Å². The zero-order valence-electron chi connectivity index (χ0n) is 17.3. The molecule has 0 fully saturated rings. The van der Waals surface area contributed by atoms with Gasteiger partial charge in [0.2, 0.25) is 0 Å². The molecule has 31 heavy (non-hydrogen) atoms. The molecule has 0 unspecified atom stereocenters. The first kappa shape index (κ1) is 20.3. The molecule has 0 atom stereocenters. The first-order valence-corrected chi connectivity index (χ1v) is 10.2. The van der Waals surface area contributed by atoms with Crippen LogP contribution in [0.5, 0.6) is 5.75 Å². The highest BCUT2D eigenvalue weighted by molar-refractivity contribution is 5.89. The fraction of sp³-hybridized carbons (Fsp3) is 0.107. The SMILES string of the molecule is CCOC(=O)c1ccc(C#Cc2ccc3cc(OCc4ccccc4)ccc3c2)cc1. The van der Waals surface area contributed by atoms with Gasteiger partial charge in [-0.3, -0.25) is 0 Å². The van der Waals surface area contributed by atoms with Crippen molar-refractivity contribution < 1.29 is 14.3 Å². The Kier molecular flexibility index (Phi) is 6.30. The predicted molar refractivity (Wildman–Crippen MR) is 123 cm³/mol. The van der Waals surface area contributed by atoms with Crippen molar-refractivity contribution in [3.05, 3.63) is 113 Å². The maximum absolute atomic E-state index is 11.7. The quantitative estimate of drug-likeness (QED) is 0.301. The summed E-state index contributed by atoms with van der Waals surface area (Å²) in [6, 6.07) is 29.5. The highest BCUT2D eigenvalue weighted by Gasteiger charge is 2.05.